The van der Waals surface area contributed by atoms with Crippen LogP contribution in [0.25, 0.3) is 0 Å². The largest absolute Gasteiger partial charge is 0.493 e. The molecule has 2 aromatic rings. The number of hydrogen-bond donors (Lipinski definition) is 1. The van der Waals surface area contributed by atoms with Gasteiger partial charge in [-0.15, -0.1) is 11.8 Å². The summed E-state index contributed by atoms with van der Waals surface area (Å²) < 4.78 is 10.8. The van der Waals surface area contributed by atoms with Gasteiger partial charge in [-0.3, -0.25) is 0 Å². The van der Waals surface area contributed by atoms with Gasteiger partial charge in [0.15, 0.2) is 11.5 Å². The number of benzene rings is 2. The van der Waals surface area contributed by atoms with Gasteiger partial charge in [-0.2, -0.15) is 0 Å². The van der Waals surface area contributed by atoms with E-state index in [-0.39, 0.29) is 5.56 Å². The zero-order valence-corrected chi connectivity index (χ0v) is 12.4. The Morgan fingerprint density at radius 3 is 2.57 bits per heavy atom. The van der Waals surface area contributed by atoms with Crippen LogP contribution in [0.5, 0.6) is 11.5 Å². The third-order valence-electron chi connectivity index (χ3n) is 2.76. The molecule has 2 aromatic carbocycles. The minimum Gasteiger partial charge on any atom is -0.493 e. The minimum absolute atomic E-state index is 0.179. The van der Waals surface area contributed by atoms with E-state index in [0.29, 0.717) is 18.1 Å². The molecule has 0 fully saturated rings. The lowest BCUT2D eigenvalue weighted by Crippen LogP contribution is -2.03. The molecule has 21 heavy (non-hydrogen) atoms. The van der Waals surface area contributed by atoms with Gasteiger partial charge in [0.2, 0.25) is 0 Å². The van der Waals surface area contributed by atoms with Gasteiger partial charge in [-0.1, -0.05) is 18.2 Å². The monoisotopic (exact) mass is 304 g/mol. The van der Waals surface area contributed by atoms with E-state index < -0.39 is 5.97 Å². The molecule has 2 rings (SSSR count). The Bertz CT molecular complexity index is 598. The van der Waals surface area contributed by atoms with E-state index in [4.69, 9.17) is 14.6 Å². The topological polar surface area (TPSA) is 55.8 Å². The van der Waals surface area contributed by atoms with E-state index in [0.717, 1.165) is 5.75 Å². The van der Waals surface area contributed by atoms with Gasteiger partial charge in [0, 0.05) is 10.6 Å². The molecular formula is C16H16O4S. The van der Waals surface area contributed by atoms with Crippen molar-refractivity contribution in [1.82, 2.24) is 0 Å². The van der Waals surface area contributed by atoms with Crippen molar-refractivity contribution in [1.29, 1.82) is 0 Å². The number of rotatable bonds is 7. The molecule has 0 aliphatic heterocycles. The molecule has 0 saturated carbocycles. The predicted molar refractivity (Wildman–Crippen MR) is 82.6 cm³/mol. The minimum atomic E-state index is -0.987. The highest BCUT2D eigenvalue weighted by Crippen LogP contribution is 2.28. The second-order valence-electron chi connectivity index (χ2n) is 4.18. The lowest BCUT2D eigenvalue weighted by Gasteiger charge is -2.11. The van der Waals surface area contributed by atoms with Crippen molar-refractivity contribution in [2.24, 2.45) is 0 Å². The van der Waals surface area contributed by atoms with E-state index in [1.54, 1.807) is 17.8 Å². The Labute approximate surface area is 127 Å². The van der Waals surface area contributed by atoms with Gasteiger partial charge in [0.25, 0.3) is 0 Å². The number of ether oxygens (including phenoxy) is 2. The van der Waals surface area contributed by atoms with E-state index >= 15 is 0 Å². The van der Waals surface area contributed by atoms with Crippen molar-refractivity contribution in [2.45, 2.75) is 4.90 Å². The summed E-state index contributed by atoms with van der Waals surface area (Å²) in [5.74, 6) is 0.795. The number of hydrogen-bond acceptors (Lipinski definition) is 4. The van der Waals surface area contributed by atoms with Crippen LogP contribution in [-0.4, -0.2) is 30.5 Å². The summed E-state index contributed by atoms with van der Waals surface area (Å²) >= 11 is 1.70. The molecule has 0 bridgehead atoms. The van der Waals surface area contributed by atoms with Gasteiger partial charge in [0.1, 0.15) is 0 Å². The summed E-state index contributed by atoms with van der Waals surface area (Å²) in [5, 5.41) is 8.94. The first kappa shape index (κ1) is 15.3. The molecule has 0 aromatic heterocycles. The van der Waals surface area contributed by atoms with Crippen LogP contribution in [0.1, 0.15) is 10.4 Å². The zero-order chi connectivity index (χ0) is 15.1. The fourth-order valence-corrected chi connectivity index (χ4v) is 2.50. The standard InChI is InChI=1S/C16H16O4S/c1-19-15-11-12(16(17)18)7-8-14(15)20-9-10-21-13-5-3-2-4-6-13/h2-8,11H,9-10H2,1H3,(H,17,18). The number of thioether (sulfide) groups is 1. The molecule has 0 spiro atoms. The Morgan fingerprint density at radius 2 is 1.90 bits per heavy atom. The molecule has 0 aliphatic carbocycles. The van der Waals surface area contributed by atoms with Gasteiger partial charge in [-0.25, -0.2) is 4.79 Å². The van der Waals surface area contributed by atoms with Crippen molar-refractivity contribution >= 4 is 17.7 Å². The zero-order valence-electron chi connectivity index (χ0n) is 11.6. The fourth-order valence-electron chi connectivity index (χ4n) is 1.75. The van der Waals surface area contributed by atoms with Crippen LogP contribution in [-0.2, 0) is 0 Å². The van der Waals surface area contributed by atoms with Crippen molar-refractivity contribution in [3.8, 4) is 11.5 Å². The highest BCUT2D eigenvalue weighted by atomic mass is 32.2. The van der Waals surface area contributed by atoms with E-state index in [9.17, 15) is 4.79 Å². The Morgan fingerprint density at radius 1 is 1.14 bits per heavy atom. The smallest absolute Gasteiger partial charge is 0.335 e. The van der Waals surface area contributed by atoms with E-state index in [2.05, 4.69) is 0 Å². The molecule has 110 valence electrons. The molecule has 0 saturated heterocycles. The molecule has 0 heterocycles. The van der Waals surface area contributed by atoms with Crippen LogP contribution in [0.2, 0.25) is 0 Å². The molecule has 0 atom stereocenters. The predicted octanol–water partition coefficient (Wildman–Crippen LogP) is 3.56. The van der Waals surface area contributed by atoms with Crippen LogP contribution in [0.4, 0.5) is 0 Å². The number of carboxylic acid groups (broad SMARTS) is 1. The summed E-state index contributed by atoms with van der Waals surface area (Å²) in [4.78, 5) is 12.1. The second kappa shape index (κ2) is 7.59. The van der Waals surface area contributed by atoms with Crippen molar-refractivity contribution in [3.63, 3.8) is 0 Å². The Balaban J connectivity index is 1.89. The highest BCUT2D eigenvalue weighted by molar-refractivity contribution is 7.99. The lowest BCUT2D eigenvalue weighted by molar-refractivity contribution is 0.0696. The molecule has 5 heteroatoms. The maximum atomic E-state index is 10.9. The molecular weight excluding hydrogens is 288 g/mol. The number of carbonyl (C=O) groups is 1. The normalized spacial score (nSPS) is 10.1. The summed E-state index contributed by atoms with van der Waals surface area (Å²) in [6.07, 6.45) is 0. The van der Waals surface area contributed by atoms with Crippen molar-refractivity contribution in [2.75, 3.05) is 19.5 Å². The second-order valence-corrected chi connectivity index (χ2v) is 5.35. The Hall–Kier alpha value is -2.14. The third kappa shape index (κ3) is 4.43. The molecule has 0 unspecified atom stereocenters. The maximum absolute atomic E-state index is 10.9. The first-order chi connectivity index (χ1) is 10.2. The van der Waals surface area contributed by atoms with Crippen LogP contribution in [0.15, 0.2) is 53.4 Å². The fraction of sp³-hybridized carbons (Fsp3) is 0.188. The number of carboxylic acids is 1. The maximum Gasteiger partial charge on any atom is 0.335 e. The summed E-state index contributed by atoms with van der Waals surface area (Å²) in [6.45, 7) is 0.516. The average molecular weight is 304 g/mol. The highest BCUT2D eigenvalue weighted by Gasteiger charge is 2.09. The summed E-state index contributed by atoms with van der Waals surface area (Å²) in [7, 11) is 1.49. The Kier molecular flexibility index (Phi) is 5.51. The molecule has 0 aliphatic rings. The SMILES string of the molecule is COc1cc(C(=O)O)ccc1OCCSc1ccccc1. The van der Waals surface area contributed by atoms with Gasteiger partial charge < -0.3 is 14.6 Å². The van der Waals surface area contributed by atoms with Crippen molar-refractivity contribution in [3.05, 3.63) is 54.1 Å². The van der Waals surface area contributed by atoms with Crippen LogP contribution < -0.4 is 9.47 Å². The average Bonchev–Trinajstić information content (AvgIpc) is 2.52. The first-order valence-corrected chi connectivity index (χ1v) is 7.41. The summed E-state index contributed by atoms with van der Waals surface area (Å²) in [5.41, 5.74) is 0.179. The molecule has 1 N–H and O–H groups in total. The van der Waals surface area contributed by atoms with Crippen LogP contribution in [0, 0.1) is 0 Å². The molecule has 4 nitrogen and oxygen atoms in total. The van der Waals surface area contributed by atoms with Gasteiger partial charge >= 0.3 is 5.97 Å². The number of methoxy groups -OCH3 is 1. The van der Waals surface area contributed by atoms with Gasteiger partial charge in [-0.05, 0) is 30.3 Å². The van der Waals surface area contributed by atoms with Crippen LogP contribution in [0.3, 0.4) is 0 Å². The summed E-state index contributed by atoms with van der Waals surface area (Å²) in [6, 6.07) is 14.7. The van der Waals surface area contributed by atoms with E-state index in [1.807, 2.05) is 30.3 Å². The first-order valence-electron chi connectivity index (χ1n) is 6.42. The molecule has 0 radical (unpaired) electrons. The lowest BCUT2D eigenvalue weighted by atomic mass is 10.2. The van der Waals surface area contributed by atoms with Crippen molar-refractivity contribution < 1.29 is 19.4 Å². The number of aromatic carboxylic acids is 1. The molecule has 0 amide bonds. The quantitative estimate of drug-likeness (QED) is 0.626. The van der Waals surface area contributed by atoms with E-state index in [1.165, 1.54) is 24.1 Å². The van der Waals surface area contributed by atoms with Crippen LogP contribution >= 0.6 is 11.8 Å². The third-order valence-corrected chi connectivity index (χ3v) is 3.74. The van der Waals surface area contributed by atoms with Gasteiger partial charge in [0.05, 0.1) is 19.3 Å².